The largest absolute Gasteiger partial charge is 0.453 e. The highest BCUT2D eigenvalue weighted by atomic mass is 16.5. The van der Waals surface area contributed by atoms with Gasteiger partial charge in [-0.25, -0.2) is 0 Å². The molecule has 6 aliphatic carbocycles. The van der Waals surface area contributed by atoms with E-state index < -0.39 is 11.9 Å². The number of hydrogen-bond acceptors (Lipinski definition) is 6. The number of imide groups is 1. The molecule has 2 saturated heterocycles. The zero-order valence-corrected chi connectivity index (χ0v) is 23.3. The lowest BCUT2D eigenvalue weighted by atomic mass is 8.96. The van der Waals surface area contributed by atoms with Gasteiger partial charge in [0.05, 0.1) is 29.5 Å². The van der Waals surface area contributed by atoms with Crippen molar-refractivity contribution in [2.45, 2.75) is 37.8 Å². The summed E-state index contributed by atoms with van der Waals surface area (Å²) in [7, 11) is 0. The number of amides is 4. The molecule has 12 rings (SSSR count). The molecule has 6 saturated carbocycles. The first-order valence-corrected chi connectivity index (χ1v) is 15.7. The van der Waals surface area contributed by atoms with Crippen LogP contribution in [-0.4, -0.2) is 57.4 Å². The summed E-state index contributed by atoms with van der Waals surface area (Å²) in [5.74, 6) is 6.72. The van der Waals surface area contributed by atoms with Gasteiger partial charge in [-0.3, -0.25) is 34.1 Å². The molecule has 9 aliphatic rings. The van der Waals surface area contributed by atoms with Crippen molar-refractivity contribution in [3.05, 3.63) is 48.3 Å². The number of ether oxygens (including phenoxy) is 1. The fourth-order valence-electron chi connectivity index (χ4n) is 11.5. The van der Waals surface area contributed by atoms with E-state index in [0.717, 1.165) is 78.1 Å². The number of likely N-dealkylation sites (tertiary alicyclic amines) is 1. The average molecular weight is 576 g/mol. The second-order valence-electron chi connectivity index (χ2n) is 14.1. The topological polar surface area (TPSA) is 114 Å². The third-order valence-corrected chi connectivity index (χ3v) is 13.0. The van der Waals surface area contributed by atoms with Crippen LogP contribution < -0.4 is 15.0 Å². The molecule has 0 radical (unpaired) electrons. The lowest BCUT2D eigenvalue weighted by molar-refractivity contribution is -0.597. The van der Waals surface area contributed by atoms with Crippen molar-refractivity contribution < 1.29 is 23.9 Å². The van der Waals surface area contributed by atoms with E-state index in [0.29, 0.717) is 35.1 Å². The van der Waals surface area contributed by atoms with E-state index in [1.54, 1.807) is 12.3 Å². The molecular formula is C33H29N5O5. The number of piperidine rings is 2. The van der Waals surface area contributed by atoms with E-state index in [9.17, 15) is 19.2 Å². The van der Waals surface area contributed by atoms with Crippen molar-refractivity contribution >= 4 is 40.1 Å². The van der Waals surface area contributed by atoms with Gasteiger partial charge in [-0.15, -0.1) is 0 Å². The first-order chi connectivity index (χ1) is 21.0. The number of benzene rings is 2. The Bertz CT molecular complexity index is 1820. The molecule has 10 nitrogen and oxygen atoms in total. The Morgan fingerprint density at radius 3 is 2.47 bits per heavy atom. The molecule has 1 atom stereocenters. The van der Waals surface area contributed by atoms with Gasteiger partial charge in [0.1, 0.15) is 11.8 Å². The maximum Gasteiger partial charge on any atom is 0.259 e. The molecule has 1 N–H and O–H groups in total. The first-order valence-electron chi connectivity index (χ1n) is 15.7. The Balaban J connectivity index is 0.810. The van der Waals surface area contributed by atoms with Gasteiger partial charge >= 0.3 is 0 Å². The molecule has 8 fully saturated rings. The number of carbonyl (C=O) groups excluding carboxylic acids is 4. The first kappa shape index (κ1) is 23.3. The summed E-state index contributed by atoms with van der Waals surface area (Å²) in [5.41, 5.74) is 1.25. The van der Waals surface area contributed by atoms with Crippen molar-refractivity contribution in [3.63, 3.8) is 0 Å². The molecule has 2 aromatic carbocycles. The van der Waals surface area contributed by atoms with Crippen LogP contribution in [0, 0.1) is 46.8 Å². The van der Waals surface area contributed by atoms with Gasteiger partial charge in [-0.1, -0.05) is 12.1 Å². The zero-order valence-electron chi connectivity index (χ0n) is 23.3. The van der Waals surface area contributed by atoms with Gasteiger partial charge in [0.15, 0.2) is 5.75 Å². The minimum absolute atomic E-state index is 0.0808. The fourth-order valence-corrected chi connectivity index (χ4v) is 11.5. The molecule has 4 heterocycles. The van der Waals surface area contributed by atoms with E-state index in [1.165, 1.54) is 4.90 Å². The predicted molar refractivity (Wildman–Crippen MR) is 151 cm³/mol. The number of anilines is 1. The summed E-state index contributed by atoms with van der Waals surface area (Å²) in [5, 5.41) is 8.51. The standard InChI is InChI=1S/C33H29N5O5/c39-21-7-5-19(30(40)35-21)38-18-4-6-20(16-2-1-3-17(22(16)18)31(38)41)43-15-12-34-37(13-15)14-8-10-36(11-9-14)32(42)33-27-24-23-25(27)29(33)26(23)28(24)33/h1-4,6,12-14,19,23-29H,5,7-11H2,(H,35,39,40). The quantitative estimate of drug-likeness (QED) is 0.468. The molecular weight excluding hydrogens is 546 g/mol. The number of rotatable bonds is 5. The minimum Gasteiger partial charge on any atom is -0.453 e. The van der Waals surface area contributed by atoms with Crippen LogP contribution in [0.2, 0.25) is 0 Å². The van der Waals surface area contributed by atoms with Crippen LogP contribution in [0.15, 0.2) is 42.7 Å². The van der Waals surface area contributed by atoms with Gasteiger partial charge < -0.3 is 9.64 Å². The summed E-state index contributed by atoms with van der Waals surface area (Å²) in [6, 6.07) is 8.63. The van der Waals surface area contributed by atoms with Gasteiger partial charge in [-0.05, 0) is 78.9 Å². The van der Waals surface area contributed by atoms with Crippen molar-refractivity contribution in [2.24, 2.45) is 46.8 Å². The number of carbonyl (C=O) groups is 4. The van der Waals surface area contributed by atoms with Crippen LogP contribution in [0.3, 0.4) is 0 Å². The molecule has 0 spiro atoms. The van der Waals surface area contributed by atoms with Crippen LogP contribution in [-0.2, 0) is 14.4 Å². The van der Waals surface area contributed by atoms with Crippen LogP contribution in [0.5, 0.6) is 11.5 Å². The van der Waals surface area contributed by atoms with E-state index in [-0.39, 0.29) is 29.7 Å². The third kappa shape index (κ3) is 2.37. The van der Waals surface area contributed by atoms with Crippen molar-refractivity contribution in [2.75, 3.05) is 18.0 Å². The Morgan fingerprint density at radius 1 is 0.953 bits per heavy atom. The number of hydrogen-bond donors (Lipinski definition) is 1. The lowest BCUT2D eigenvalue weighted by Crippen LogP contribution is -3.07. The number of aromatic nitrogens is 2. The zero-order chi connectivity index (χ0) is 28.5. The van der Waals surface area contributed by atoms with E-state index in [1.807, 2.05) is 35.1 Å². The van der Waals surface area contributed by atoms with Crippen LogP contribution >= 0.6 is 0 Å². The molecule has 4 amide bonds. The normalized spacial score (nSPS) is 38.9. The van der Waals surface area contributed by atoms with Crippen LogP contribution in [0.25, 0.3) is 10.8 Å². The Hall–Kier alpha value is -4.21. The molecule has 0 bridgehead atoms. The van der Waals surface area contributed by atoms with E-state index in [2.05, 4.69) is 15.3 Å². The number of nitrogens with zero attached hydrogens (tertiary/aromatic N) is 4. The average Bonchev–Trinajstić information content (AvgIpc) is 3.61. The summed E-state index contributed by atoms with van der Waals surface area (Å²) in [4.78, 5) is 55.0. The highest BCUT2D eigenvalue weighted by molar-refractivity contribution is 6.27. The smallest absolute Gasteiger partial charge is 0.259 e. The van der Waals surface area contributed by atoms with E-state index >= 15 is 0 Å². The summed E-state index contributed by atoms with van der Waals surface area (Å²) in [6.07, 6.45) is 5.91. The minimum atomic E-state index is -0.728. The molecule has 43 heavy (non-hydrogen) atoms. The maximum absolute atomic E-state index is 13.6. The Kier molecular flexibility index (Phi) is 3.94. The van der Waals surface area contributed by atoms with Crippen LogP contribution in [0.4, 0.5) is 5.69 Å². The van der Waals surface area contributed by atoms with Crippen molar-refractivity contribution in [1.82, 2.24) is 20.0 Å². The highest BCUT2D eigenvalue weighted by Crippen LogP contribution is 3.06. The molecule has 216 valence electrons. The van der Waals surface area contributed by atoms with Gasteiger partial charge in [0.2, 0.25) is 17.7 Å². The number of nitrogens with one attached hydrogen (secondary N) is 1. The fraction of sp³-hybridized carbons (Fsp3) is 0.485. The molecule has 3 aliphatic heterocycles. The van der Waals surface area contributed by atoms with Gasteiger partial charge in [0, 0.05) is 35.8 Å². The van der Waals surface area contributed by atoms with Crippen molar-refractivity contribution in [3.8, 4) is 11.5 Å². The third-order valence-electron chi connectivity index (χ3n) is 13.0. The summed E-state index contributed by atoms with van der Waals surface area (Å²) >= 11 is 0. The van der Waals surface area contributed by atoms with Crippen molar-refractivity contribution in [1.29, 1.82) is 0 Å². The Morgan fingerprint density at radius 2 is 1.72 bits per heavy atom. The molecule has 1 unspecified atom stereocenters. The molecule has 3 aromatic rings. The Labute approximate surface area is 246 Å². The summed E-state index contributed by atoms with van der Waals surface area (Å²) in [6.45, 7) is 1.59. The molecule has 1 aromatic heterocycles. The van der Waals surface area contributed by atoms with E-state index in [4.69, 9.17) is 4.74 Å². The van der Waals surface area contributed by atoms with Gasteiger partial charge in [0.25, 0.3) is 5.91 Å². The summed E-state index contributed by atoms with van der Waals surface area (Å²) < 4.78 is 8.30. The van der Waals surface area contributed by atoms with Crippen LogP contribution in [0.1, 0.15) is 42.1 Å². The second-order valence-corrected chi connectivity index (χ2v) is 14.1. The maximum atomic E-state index is 13.6. The predicted octanol–water partition coefficient (Wildman–Crippen LogP) is 3.13. The second kappa shape index (κ2) is 7.29. The highest BCUT2D eigenvalue weighted by Gasteiger charge is 3.06. The van der Waals surface area contributed by atoms with Gasteiger partial charge in [-0.2, -0.15) is 5.10 Å². The SMILES string of the molecule is O=C1CCC(N2C(=O)c3cccc4c(Oc5cnn(C6CCN(C(=O)C78C9C%10C%11C9C7C%11C%108)CC6)c5)ccc2c34)C(=O)N1. The lowest BCUT2D eigenvalue weighted by Gasteiger charge is -3.06. The molecule has 10 heteroatoms. The monoisotopic (exact) mass is 575 g/mol.